The minimum Gasteiger partial charge on any atom is -0.334 e. The van der Waals surface area contributed by atoms with Gasteiger partial charge in [0.2, 0.25) is 0 Å². The van der Waals surface area contributed by atoms with Crippen LogP contribution in [0.3, 0.4) is 0 Å². The Morgan fingerprint density at radius 1 is 1.07 bits per heavy atom. The zero-order valence-electron chi connectivity index (χ0n) is 15.3. The van der Waals surface area contributed by atoms with E-state index in [0.717, 1.165) is 61.1 Å². The number of nitrogens with zero attached hydrogens (tertiary/aromatic N) is 1. The SMILES string of the molecule is O=C(NSC1CCN(C(=O)C(F)(F)F)C1)Nc1c2c(cc3c1CCC3)CCC2. The van der Waals surface area contributed by atoms with Crippen LogP contribution < -0.4 is 10.0 Å². The highest BCUT2D eigenvalue weighted by Crippen LogP contribution is 2.38. The number of rotatable bonds is 3. The van der Waals surface area contributed by atoms with Crippen LogP contribution in [0.25, 0.3) is 0 Å². The van der Waals surface area contributed by atoms with E-state index in [4.69, 9.17) is 0 Å². The summed E-state index contributed by atoms with van der Waals surface area (Å²) in [5.41, 5.74) is 6.02. The lowest BCUT2D eigenvalue weighted by Gasteiger charge is -2.18. The van der Waals surface area contributed by atoms with E-state index in [2.05, 4.69) is 16.1 Å². The number of urea groups is 1. The van der Waals surface area contributed by atoms with Crippen LogP contribution in [0.15, 0.2) is 6.07 Å². The van der Waals surface area contributed by atoms with Gasteiger partial charge >= 0.3 is 18.1 Å². The fourth-order valence-electron chi connectivity index (χ4n) is 4.43. The molecule has 1 aromatic rings. The number of hydrogen-bond donors (Lipinski definition) is 2. The second kappa shape index (κ2) is 7.50. The largest absolute Gasteiger partial charge is 0.471 e. The van der Waals surface area contributed by atoms with Gasteiger partial charge in [-0.25, -0.2) is 4.79 Å². The first kappa shape index (κ1) is 19.4. The van der Waals surface area contributed by atoms with Crippen LogP contribution in [0.2, 0.25) is 0 Å². The number of alkyl halides is 3. The van der Waals surface area contributed by atoms with Crippen molar-refractivity contribution in [3.8, 4) is 0 Å². The molecule has 1 atom stereocenters. The van der Waals surface area contributed by atoms with Crippen LogP contribution in [0.5, 0.6) is 0 Å². The second-order valence-electron chi connectivity index (χ2n) is 7.57. The van der Waals surface area contributed by atoms with Gasteiger partial charge in [-0.15, -0.1) is 0 Å². The molecular weight excluding hydrogens is 391 g/mol. The molecule has 0 radical (unpaired) electrons. The maximum absolute atomic E-state index is 12.5. The molecule has 0 bridgehead atoms. The monoisotopic (exact) mass is 413 g/mol. The van der Waals surface area contributed by atoms with Gasteiger partial charge in [-0.1, -0.05) is 6.07 Å². The minimum absolute atomic E-state index is 0.0145. The highest BCUT2D eigenvalue weighted by Gasteiger charge is 2.44. The van der Waals surface area contributed by atoms with E-state index in [9.17, 15) is 22.8 Å². The molecule has 1 unspecified atom stereocenters. The van der Waals surface area contributed by atoms with Crippen molar-refractivity contribution in [2.75, 3.05) is 18.4 Å². The van der Waals surface area contributed by atoms with E-state index >= 15 is 0 Å². The zero-order valence-corrected chi connectivity index (χ0v) is 16.1. The molecule has 3 amide bonds. The summed E-state index contributed by atoms with van der Waals surface area (Å²) in [7, 11) is 0. The molecule has 1 aromatic carbocycles. The molecule has 2 aliphatic carbocycles. The van der Waals surface area contributed by atoms with Crippen molar-refractivity contribution < 1.29 is 22.8 Å². The van der Waals surface area contributed by atoms with Crippen molar-refractivity contribution in [1.82, 2.24) is 9.62 Å². The Kier molecular flexibility index (Phi) is 5.20. The fourth-order valence-corrected chi connectivity index (χ4v) is 5.23. The maximum atomic E-state index is 12.5. The average molecular weight is 413 g/mol. The van der Waals surface area contributed by atoms with Crippen LogP contribution in [-0.4, -0.2) is 41.4 Å². The number of anilines is 1. The number of carbonyl (C=O) groups excluding carboxylic acids is 2. The Morgan fingerprint density at radius 3 is 2.32 bits per heavy atom. The standard InChI is InChI=1S/C19H22F3N3O2S/c20-19(21,22)17(26)25-8-7-13(10-25)28-24-18(27)23-16-14-5-1-3-11(14)9-12-4-2-6-15(12)16/h9,13H,1-8,10H2,(H2,23,24,27). The third-order valence-electron chi connectivity index (χ3n) is 5.70. The van der Waals surface area contributed by atoms with Gasteiger partial charge in [0.1, 0.15) is 0 Å². The Bertz CT molecular complexity index is 780. The van der Waals surface area contributed by atoms with E-state index in [-0.39, 0.29) is 24.4 Å². The molecular formula is C19H22F3N3O2S. The summed E-state index contributed by atoms with van der Waals surface area (Å²) in [6.07, 6.45) is 1.76. The van der Waals surface area contributed by atoms with Gasteiger partial charge in [0.05, 0.1) is 0 Å². The lowest BCUT2D eigenvalue weighted by Crippen LogP contribution is -2.40. The number of hydrogen-bond acceptors (Lipinski definition) is 3. The molecule has 28 heavy (non-hydrogen) atoms. The predicted molar refractivity (Wildman–Crippen MR) is 101 cm³/mol. The highest BCUT2D eigenvalue weighted by atomic mass is 32.2. The molecule has 152 valence electrons. The predicted octanol–water partition coefficient (Wildman–Crippen LogP) is 3.60. The van der Waals surface area contributed by atoms with Crippen molar-refractivity contribution in [2.24, 2.45) is 0 Å². The van der Waals surface area contributed by atoms with Crippen LogP contribution in [0.1, 0.15) is 41.5 Å². The van der Waals surface area contributed by atoms with Crippen molar-refractivity contribution in [1.29, 1.82) is 0 Å². The topological polar surface area (TPSA) is 61.4 Å². The third kappa shape index (κ3) is 3.81. The molecule has 4 rings (SSSR count). The van der Waals surface area contributed by atoms with E-state index in [1.807, 2.05) is 0 Å². The molecule has 2 N–H and O–H groups in total. The van der Waals surface area contributed by atoms with Gasteiger partial charge < -0.3 is 10.2 Å². The average Bonchev–Trinajstić information content (AvgIpc) is 3.38. The summed E-state index contributed by atoms with van der Waals surface area (Å²) in [4.78, 5) is 24.5. The molecule has 5 nitrogen and oxygen atoms in total. The molecule has 9 heteroatoms. The van der Waals surface area contributed by atoms with Crippen molar-refractivity contribution in [3.63, 3.8) is 0 Å². The van der Waals surface area contributed by atoms with E-state index in [1.165, 1.54) is 22.3 Å². The van der Waals surface area contributed by atoms with Gasteiger partial charge in [0.15, 0.2) is 0 Å². The number of amides is 3. The molecule has 1 fully saturated rings. The lowest BCUT2D eigenvalue weighted by atomic mass is 9.99. The van der Waals surface area contributed by atoms with Crippen molar-refractivity contribution in [2.45, 2.75) is 56.4 Å². The first-order valence-electron chi connectivity index (χ1n) is 9.58. The summed E-state index contributed by atoms with van der Waals surface area (Å²) in [5.74, 6) is -1.81. The Labute approximate surface area is 165 Å². The summed E-state index contributed by atoms with van der Waals surface area (Å²) in [6, 6.07) is 1.92. The number of fused-ring (bicyclic) bond motifs is 2. The minimum atomic E-state index is -4.85. The van der Waals surface area contributed by atoms with Crippen LogP contribution >= 0.6 is 11.9 Å². The van der Waals surface area contributed by atoms with Crippen molar-refractivity contribution in [3.05, 3.63) is 28.3 Å². The Hall–Kier alpha value is -1.90. The van der Waals surface area contributed by atoms with E-state index < -0.39 is 12.1 Å². The Morgan fingerprint density at radius 2 is 1.71 bits per heavy atom. The third-order valence-corrected chi connectivity index (χ3v) is 6.73. The molecule has 0 saturated carbocycles. The Balaban J connectivity index is 1.35. The highest BCUT2D eigenvalue weighted by molar-refractivity contribution is 7.98. The second-order valence-corrected chi connectivity index (χ2v) is 8.67. The van der Waals surface area contributed by atoms with E-state index in [1.54, 1.807) is 0 Å². The van der Waals surface area contributed by atoms with Gasteiger partial charge in [-0.3, -0.25) is 9.52 Å². The van der Waals surface area contributed by atoms with Crippen LogP contribution in [-0.2, 0) is 30.5 Å². The first-order valence-corrected chi connectivity index (χ1v) is 10.5. The molecule has 1 aliphatic heterocycles. The number of likely N-dealkylation sites (tertiary alicyclic amines) is 1. The van der Waals surface area contributed by atoms with Gasteiger partial charge in [0, 0.05) is 24.0 Å². The molecule has 1 heterocycles. The number of carbonyl (C=O) groups is 2. The molecule has 1 saturated heterocycles. The smallest absolute Gasteiger partial charge is 0.334 e. The number of halogens is 3. The number of benzene rings is 1. The number of aryl methyl sites for hydroxylation is 2. The number of nitrogens with one attached hydrogen (secondary N) is 2. The molecule has 0 aromatic heterocycles. The van der Waals surface area contributed by atoms with Crippen LogP contribution in [0, 0.1) is 0 Å². The molecule has 0 spiro atoms. The quantitative estimate of drug-likeness (QED) is 0.745. The summed E-state index contributed by atoms with van der Waals surface area (Å²) >= 11 is 1.09. The lowest BCUT2D eigenvalue weighted by molar-refractivity contribution is -0.184. The maximum Gasteiger partial charge on any atom is 0.471 e. The molecule has 3 aliphatic rings. The summed E-state index contributed by atoms with van der Waals surface area (Å²) in [5, 5.41) is 2.75. The summed E-state index contributed by atoms with van der Waals surface area (Å²) in [6.45, 7) is 0.0401. The fraction of sp³-hybridized carbons (Fsp3) is 0.579. The van der Waals surface area contributed by atoms with Crippen molar-refractivity contribution >= 4 is 29.6 Å². The normalized spacial score (nSPS) is 20.8. The van der Waals surface area contributed by atoms with Gasteiger partial charge in [0.25, 0.3) is 0 Å². The van der Waals surface area contributed by atoms with E-state index in [0.29, 0.717) is 6.42 Å². The summed E-state index contributed by atoms with van der Waals surface area (Å²) < 4.78 is 40.3. The van der Waals surface area contributed by atoms with Crippen LogP contribution in [0.4, 0.5) is 23.7 Å². The van der Waals surface area contributed by atoms with Gasteiger partial charge in [-0.05, 0) is 79.1 Å². The zero-order chi connectivity index (χ0) is 19.9. The first-order chi connectivity index (χ1) is 13.3. The van der Waals surface area contributed by atoms with Gasteiger partial charge in [-0.2, -0.15) is 13.2 Å².